The topological polar surface area (TPSA) is 64.3 Å². The maximum atomic E-state index is 12.5. The first-order valence-corrected chi connectivity index (χ1v) is 8.20. The summed E-state index contributed by atoms with van der Waals surface area (Å²) in [5, 5.41) is 3.14. The normalized spacial score (nSPS) is 15.4. The molecule has 4 nitrogen and oxygen atoms in total. The lowest BCUT2D eigenvalue weighted by molar-refractivity contribution is 0.0932. The molecule has 1 atom stereocenters. The van der Waals surface area contributed by atoms with Gasteiger partial charge in [0.2, 0.25) is 0 Å². The summed E-state index contributed by atoms with van der Waals surface area (Å²) in [6, 6.07) is 13.1. The van der Waals surface area contributed by atoms with Crippen molar-refractivity contribution >= 4 is 24.0 Å². The van der Waals surface area contributed by atoms with E-state index < -0.39 is 0 Å². The minimum absolute atomic E-state index is 0. The number of nitrogens with one attached hydrogen (secondary N) is 1. The van der Waals surface area contributed by atoms with Crippen molar-refractivity contribution in [2.45, 2.75) is 25.3 Å². The Balaban J connectivity index is 0.00000225. The summed E-state index contributed by atoms with van der Waals surface area (Å²) in [4.78, 5) is 12.5. The summed E-state index contributed by atoms with van der Waals surface area (Å²) in [5.41, 5.74) is 9.68. The van der Waals surface area contributed by atoms with Gasteiger partial charge in [0.1, 0.15) is 12.4 Å². The maximum Gasteiger partial charge on any atom is 0.251 e. The highest BCUT2D eigenvalue weighted by atomic mass is 35.5. The summed E-state index contributed by atoms with van der Waals surface area (Å²) in [6.07, 6.45) is 4.70. The molecular weight excluding hydrogens is 336 g/mol. The Morgan fingerprint density at radius 1 is 1.28 bits per heavy atom. The lowest BCUT2D eigenvalue weighted by Gasteiger charge is -2.26. The van der Waals surface area contributed by atoms with E-state index in [0.717, 1.165) is 30.7 Å². The van der Waals surface area contributed by atoms with E-state index in [4.69, 9.17) is 10.5 Å². The van der Waals surface area contributed by atoms with Crippen LogP contribution in [0.2, 0.25) is 0 Å². The zero-order valence-electron chi connectivity index (χ0n) is 14.0. The highest BCUT2D eigenvalue weighted by Crippen LogP contribution is 2.31. The third-order valence-corrected chi connectivity index (χ3v) is 4.27. The Kier molecular flexibility index (Phi) is 6.48. The van der Waals surface area contributed by atoms with Crippen LogP contribution in [0.1, 0.15) is 40.4 Å². The van der Waals surface area contributed by atoms with Crippen molar-refractivity contribution in [3.05, 3.63) is 71.8 Å². The van der Waals surface area contributed by atoms with Crippen molar-refractivity contribution in [2.75, 3.05) is 12.3 Å². The first-order chi connectivity index (χ1) is 11.7. The number of carbonyl (C=O) groups is 1. The average molecular weight is 359 g/mol. The van der Waals surface area contributed by atoms with Gasteiger partial charge in [-0.25, -0.2) is 0 Å². The zero-order valence-corrected chi connectivity index (χ0v) is 14.9. The summed E-state index contributed by atoms with van der Waals surface area (Å²) < 4.78 is 5.44. The van der Waals surface area contributed by atoms with Crippen molar-refractivity contribution in [1.82, 2.24) is 5.32 Å². The lowest BCUT2D eigenvalue weighted by atomic mass is 9.87. The smallest absolute Gasteiger partial charge is 0.251 e. The summed E-state index contributed by atoms with van der Waals surface area (Å²) in [6.45, 7) is 4.07. The van der Waals surface area contributed by atoms with E-state index >= 15 is 0 Å². The van der Waals surface area contributed by atoms with Crippen LogP contribution in [0.15, 0.2) is 55.1 Å². The predicted molar refractivity (Wildman–Crippen MR) is 103 cm³/mol. The average Bonchev–Trinajstić information content (AvgIpc) is 2.60. The fourth-order valence-corrected chi connectivity index (χ4v) is 3.08. The van der Waals surface area contributed by atoms with Crippen LogP contribution in [0, 0.1) is 0 Å². The number of aryl methyl sites for hydroxylation is 1. The van der Waals surface area contributed by atoms with E-state index in [9.17, 15) is 4.79 Å². The number of nitrogens with two attached hydrogens (primary N) is 1. The third kappa shape index (κ3) is 4.54. The van der Waals surface area contributed by atoms with E-state index in [1.165, 1.54) is 11.1 Å². The summed E-state index contributed by atoms with van der Waals surface area (Å²) in [5.74, 6) is 0.657. The molecule has 132 valence electrons. The van der Waals surface area contributed by atoms with Crippen molar-refractivity contribution in [3.8, 4) is 5.75 Å². The van der Waals surface area contributed by atoms with Crippen molar-refractivity contribution in [3.63, 3.8) is 0 Å². The van der Waals surface area contributed by atoms with Gasteiger partial charge in [0.25, 0.3) is 5.91 Å². The van der Waals surface area contributed by atoms with Crippen LogP contribution in [0.4, 0.5) is 5.69 Å². The molecule has 0 saturated heterocycles. The molecule has 0 heterocycles. The third-order valence-electron chi connectivity index (χ3n) is 4.27. The van der Waals surface area contributed by atoms with Gasteiger partial charge < -0.3 is 15.8 Å². The summed E-state index contributed by atoms with van der Waals surface area (Å²) in [7, 11) is 0. The van der Waals surface area contributed by atoms with E-state index in [1.54, 1.807) is 30.3 Å². The van der Waals surface area contributed by atoms with E-state index in [-0.39, 0.29) is 24.4 Å². The van der Waals surface area contributed by atoms with Crippen LogP contribution in [-0.4, -0.2) is 12.5 Å². The lowest BCUT2D eigenvalue weighted by Crippen LogP contribution is -2.31. The predicted octanol–water partition coefficient (Wildman–Crippen LogP) is 4.06. The van der Waals surface area contributed by atoms with E-state index in [0.29, 0.717) is 12.2 Å². The fourth-order valence-electron chi connectivity index (χ4n) is 3.08. The number of amides is 1. The number of fused-ring (bicyclic) bond motifs is 1. The molecule has 0 aliphatic heterocycles. The van der Waals surface area contributed by atoms with Gasteiger partial charge in [0.05, 0.1) is 6.04 Å². The Morgan fingerprint density at radius 3 is 2.76 bits per heavy atom. The van der Waals surface area contributed by atoms with Crippen molar-refractivity contribution in [1.29, 1.82) is 0 Å². The van der Waals surface area contributed by atoms with Crippen molar-refractivity contribution in [2.24, 2.45) is 0 Å². The minimum atomic E-state index is -0.0695. The van der Waals surface area contributed by atoms with E-state index in [1.807, 2.05) is 18.2 Å². The molecule has 25 heavy (non-hydrogen) atoms. The number of anilines is 1. The fraction of sp³-hybridized carbons (Fsp3) is 0.250. The van der Waals surface area contributed by atoms with Crippen LogP contribution in [0.3, 0.4) is 0 Å². The molecule has 3 N–H and O–H groups in total. The second kappa shape index (κ2) is 8.58. The molecule has 0 aromatic heterocycles. The Hall–Kier alpha value is -2.46. The molecule has 2 aromatic carbocycles. The number of nitrogen functional groups attached to an aromatic ring is 1. The molecular formula is C20H23ClN2O2. The molecule has 5 heteroatoms. The van der Waals surface area contributed by atoms with Crippen LogP contribution in [0.5, 0.6) is 5.75 Å². The molecule has 0 fully saturated rings. The number of hydrogen-bond acceptors (Lipinski definition) is 3. The van der Waals surface area contributed by atoms with Gasteiger partial charge in [-0.15, -0.1) is 12.4 Å². The first kappa shape index (κ1) is 18.9. The SMILES string of the molecule is C=CCOc1ccc(C(=O)NC2CCCc3cc(N)ccc32)cc1.Cl. The van der Waals surface area contributed by atoms with Gasteiger partial charge in [0, 0.05) is 11.3 Å². The number of carbonyl (C=O) groups excluding carboxylic acids is 1. The monoisotopic (exact) mass is 358 g/mol. The number of halogens is 1. The molecule has 1 aliphatic carbocycles. The highest BCUT2D eigenvalue weighted by Gasteiger charge is 2.22. The van der Waals surface area contributed by atoms with Gasteiger partial charge in [-0.2, -0.15) is 0 Å². The van der Waals surface area contributed by atoms with E-state index in [2.05, 4.69) is 11.9 Å². The summed E-state index contributed by atoms with van der Waals surface area (Å²) >= 11 is 0. The number of ether oxygens (including phenoxy) is 1. The number of rotatable bonds is 5. The van der Waals surface area contributed by atoms with Crippen molar-refractivity contribution < 1.29 is 9.53 Å². The molecule has 1 aliphatic rings. The van der Waals surface area contributed by atoms with Crippen LogP contribution in [-0.2, 0) is 6.42 Å². The molecule has 0 bridgehead atoms. The van der Waals surface area contributed by atoms with Crippen LogP contribution >= 0.6 is 12.4 Å². The van der Waals surface area contributed by atoms with Crippen LogP contribution < -0.4 is 15.8 Å². The van der Waals surface area contributed by atoms with Gasteiger partial charge in [0.15, 0.2) is 0 Å². The van der Waals surface area contributed by atoms with Gasteiger partial charge in [-0.3, -0.25) is 4.79 Å². The largest absolute Gasteiger partial charge is 0.490 e. The first-order valence-electron chi connectivity index (χ1n) is 8.20. The molecule has 3 rings (SSSR count). The quantitative estimate of drug-likeness (QED) is 0.625. The van der Waals surface area contributed by atoms with Gasteiger partial charge >= 0.3 is 0 Å². The second-order valence-corrected chi connectivity index (χ2v) is 6.00. The molecule has 0 spiro atoms. The van der Waals surface area contributed by atoms with Gasteiger partial charge in [-0.05, 0) is 66.8 Å². The highest BCUT2D eigenvalue weighted by molar-refractivity contribution is 5.94. The van der Waals surface area contributed by atoms with Gasteiger partial charge in [-0.1, -0.05) is 18.7 Å². The standard InChI is InChI=1S/C20H22N2O2.ClH/c1-2-12-24-17-9-6-14(7-10-17)20(23)22-19-5-3-4-15-13-16(21)8-11-18(15)19;/h2,6-11,13,19H,1,3-5,12,21H2,(H,22,23);1H. The number of benzene rings is 2. The molecule has 0 radical (unpaired) electrons. The Labute approximate surface area is 154 Å². The molecule has 1 amide bonds. The second-order valence-electron chi connectivity index (χ2n) is 6.00. The Bertz CT molecular complexity index is 744. The zero-order chi connectivity index (χ0) is 16.9. The molecule has 1 unspecified atom stereocenters. The minimum Gasteiger partial charge on any atom is -0.490 e. The number of hydrogen-bond donors (Lipinski definition) is 2. The Morgan fingerprint density at radius 2 is 2.04 bits per heavy atom. The molecule has 2 aromatic rings. The molecule has 0 saturated carbocycles. The van der Waals surface area contributed by atoms with Crippen LogP contribution in [0.25, 0.3) is 0 Å². The maximum absolute atomic E-state index is 12.5.